The van der Waals surface area contributed by atoms with Gasteiger partial charge >= 0.3 is 29.6 Å². The predicted molar refractivity (Wildman–Crippen MR) is 69.5 cm³/mol. The molecule has 0 aliphatic rings. The Kier molecular flexibility index (Phi) is 15.7. The first kappa shape index (κ1) is 21.5. The van der Waals surface area contributed by atoms with Gasteiger partial charge in [0, 0.05) is 17.8 Å². The monoisotopic (exact) mass is 307 g/mol. The topological polar surface area (TPSA) is 69.7 Å². The molecule has 0 aliphatic heterocycles. The van der Waals surface area contributed by atoms with Crippen molar-refractivity contribution in [2.75, 3.05) is 26.4 Å². The van der Waals surface area contributed by atoms with Gasteiger partial charge in [0.15, 0.2) is 0 Å². The minimum absolute atomic E-state index is 0. The zero-order valence-electron chi connectivity index (χ0n) is 11.6. The summed E-state index contributed by atoms with van der Waals surface area (Å²) in [5.74, 6) is 0.555. The summed E-state index contributed by atoms with van der Waals surface area (Å²) < 4.78 is 34.3. The maximum atomic E-state index is 10.1. The molecule has 0 fully saturated rings. The van der Waals surface area contributed by atoms with E-state index in [9.17, 15) is 13.0 Å². The van der Waals surface area contributed by atoms with Gasteiger partial charge in [0.05, 0.1) is 0 Å². The number of nitrogens with zero attached hydrogens (tertiary/aromatic N) is 1. The third-order valence-corrected chi connectivity index (χ3v) is 3.72. The van der Waals surface area contributed by atoms with Gasteiger partial charge in [-0.3, -0.25) is 0 Å². The molecule has 0 rings (SSSR count). The van der Waals surface area contributed by atoms with Gasteiger partial charge in [-0.05, 0) is 33.5 Å². The molecular weight excluding hydrogens is 285 g/mol. The Morgan fingerprint density at radius 3 is 2.06 bits per heavy atom. The molecule has 0 spiro atoms. The molecule has 0 aliphatic carbocycles. The summed E-state index contributed by atoms with van der Waals surface area (Å²) in [6, 6.07) is 0. The molecular formula is C10H22NNaO4S2. The molecule has 0 unspecified atom stereocenters. The molecule has 0 N–H and O–H groups in total. The van der Waals surface area contributed by atoms with Crippen molar-refractivity contribution < 1.29 is 46.2 Å². The van der Waals surface area contributed by atoms with Crippen molar-refractivity contribution in [3.05, 3.63) is 0 Å². The SMILES string of the molecule is CN(C)CCCCCCCCSOS(=O)(=O)[O-].[Na+]. The van der Waals surface area contributed by atoms with Gasteiger partial charge in [-0.15, -0.1) is 0 Å². The Labute approximate surface area is 137 Å². The Morgan fingerprint density at radius 1 is 1.06 bits per heavy atom. The van der Waals surface area contributed by atoms with Crippen LogP contribution in [0.5, 0.6) is 0 Å². The van der Waals surface area contributed by atoms with Crippen molar-refractivity contribution in [3.63, 3.8) is 0 Å². The van der Waals surface area contributed by atoms with Crippen LogP contribution in [-0.2, 0) is 14.0 Å². The maximum Gasteiger partial charge on any atom is 1.00 e. The summed E-state index contributed by atoms with van der Waals surface area (Å²) in [6.07, 6.45) is 6.75. The van der Waals surface area contributed by atoms with Crippen molar-refractivity contribution >= 4 is 22.4 Å². The Morgan fingerprint density at radius 2 is 1.56 bits per heavy atom. The van der Waals surface area contributed by atoms with Crippen LogP contribution in [0.4, 0.5) is 0 Å². The molecule has 0 saturated carbocycles. The number of unbranched alkanes of at least 4 members (excludes halogenated alkanes) is 5. The van der Waals surface area contributed by atoms with Crippen molar-refractivity contribution in [3.8, 4) is 0 Å². The summed E-state index contributed by atoms with van der Waals surface area (Å²) in [6.45, 7) is 1.13. The fraction of sp³-hybridized carbons (Fsp3) is 1.00. The average Bonchev–Trinajstić information content (AvgIpc) is 2.18. The second kappa shape index (κ2) is 13.2. The van der Waals surface area contributed by atoms with Gasteiger partial charge in [-0.25, -0.2) is 12.0 Å². The van der Waals surface area contributed by atoms with Crippen LogP contribution in [0.1, 0.15) is 38.5 Å². The van der Waals surface area contributed by atoms with Crippen molar-refractivity contribution in [1.82, 2.24) is 4.90 Å². The average molecular weight is 307 g/mol. The van der Waals surface area contributed by atoms with Crippen molar-refractivity contribution in [1.29, 1.82) is 0 Å². The molecule has 0 radical (unpaired) electrons. The van der Waals surface area contributed by atoms with E-state index >= 15 is 0 Å². The zero-order chi connectivity index (χ0) is 13.1. The minimum atomic E-state index is -4.53. The molecule has 0 aromatic rings. The normalized spacial score (nSPS) is 11.6. The molecule has 0 amide bonds. The van der Waals surface area contributed by atoms with E-state index in [1.165, 1.54) is 19.3 Å². The van der Waals surface area contributed by atoms with Crippen LogP contribution < -0.4 is 29.6 Å². The van der Waals surface area contributed by atoms with Crippen LogP contribution >= 0.6 is 12.0 Å². The van der Waals surface area contributed by atoms with E-state index in [1.54, 1.807) is 0 Å². The quantitative estimate of drug-likeness (QED) is 0.161. The number of hydrogen-bond donors (Lipinski definition) is 0. The summed E-state index contributed by atoms with van der Waals surface area (Å²) in [7, 11) is -0.387. The Bertz CT molecular complexity index is 273. The zero-order valence-corrected chi connectivity index (χ0v) is 15.2. The molecule has 5 nitrogen and oxygen atoms in total. The molecule has 8 heteroatoms. The van der Waals surface area contributed by atoms with Crippen LogP contribution in [0.25, 0.3) is 0 Å². The first-order valence-corrected chi connectivity index (χ1v) is 8.08. The Hall–Kier alpha value is 1.18. The smallest absolute Gasteiger partial charge is 0.725 e. The first-order valence-electron chi connectivity index (χ1n) is 5.83. The summed E-state index contributed by atoms with van der Waals surface area (Å²) >= 11 is 0.725. The van der Waals surface area contributed by atoms with Crippen LogP contribution in [0.15, 0.2) is 0 Å². The predicted octanol–water partition coefficient (Wildman–Crippen LogP) is -0.982. The molecule has 0 aromatic heterocycles. The molecule has 18 heavy (non-hydrogen) atoms. The largest absolute Gasteiger partial charge is 1.00 e. The van der Waals surface area contributed by atoms with Crippen LogP contribution in [0.3, 0.4) is 0 Å². The van der Waals surface area contributed by atoms with E-state index < -0.39 is 10.4 Å². The standard InChI is InChI=1S/C10H23NO4S2.Na/c1-11(2)9-7-5-3-4-6-8-10-16-15-17(12,13)14;/h3-10H2,1-2H3,(H,12,13,14);/q;+1/p-1. The van der Waals surface area contributed by atoms with E-state index in [1.807, 2.05) is 0 Å². The van der Waals surface area contributed by atoms with Crippen molar-refractivity contribution in [2.45, 2.75) is 38.5 Å². The number of hydrogen-bond acceptors (Lipinski definition) is 6. The fourth-order valence-electron chi connectivity index (χ4n) is 1.39. The third-order valence-electron chi connectivity index (χ3n) is 2.21. The van der Waals surface area contributed by atoms with E-state index in [2.05, 4.69) is 22.6 Å². The second-order valence-corrected chi connectivity index (χ2v) is 6.23. The minimum Gasteiger partial charge on any atom is -0.725 e. The summed E-state index contributed by atoms with van der Waals surface area (Å²) in [5.41, 5.74) is 0. The van der Waals surface area contributed by atoms with Crippen LogP contribution in [0, 0.1) is 0 Å². The molecule has 104 valence electrons. The van der Waals surface area contributed by atoms with Gasteiger partial charge in [0.25, 0.3) is 0 Å². The van der Waals surface area contributed by atoms with Gasteiger partial charge in [0.2, 0.25) is 10.4 Å². The molecule has 0 heterocycles. The number of rotatable bonds is 11. The summed E-state index contributed by atoms with van der Waals surface area (Å²) in [5, 5.41) is 0. The molecule has 0 bridgehead atoms. The van der Waals surface area contributed by atoms with E-state index in [0.717, 1.165) is 37.8 Å². The van der Waals surface area contributed by atoms with Gasteiger partial charge in [0.1, 0.15) is 0 Å². The Balaban J connectivity index is 0. The molecule has 0 saturated heterocycles. The molecule has 0 aromatic carbocycles. The molecule has 0 atom stereocenters. The second-order valence-electron chi connectivity index (χ2n) is 4.22. The van der Waals surface area contributed by atoms with Crippen LogP contribution in [-0.4, -0.2) is 44.3 Å². The maximum absolute atomic E-state index is 10.1. The van der Waals surface area contributed by atoms with Gasteiger partial charge in [-0.1, -0.05) is 25.7 Å². The summed E-state index contributed by atoms with van der Waals surface area (Å²) in [4.78, 5) is 2.18. The van der Waals surface area contributed by atoms with Gasteiger partial charge < -0.3 is 9.45 Å². The van der Waals surface area contributed by atoms with Crippen molar-refractivity contribution in [2.24, 2.45) is 0 Å². The third kappa shape index (κ3) is 19.5. The van der Waals surface area contributed by atoms with E-state index in [-0.39, 0.29) is 29.6 Å². The van der Waals surface area contributed by atoms with Gasteiger partial charge in [-0.2, -0.15) is 0 Å². The van der Waals surface area contributed by atoms with E-state index in [4.69, 9.17) is 0 Å². The van der Waals surface area contributed by atoms with E-state index in [0.29, 0.717) is 5.75 Å². The van der Waals surface area contributed by atoms with Crippen LogP contribution in [0.2, 0.25) is 0 Å². The fourth-order valence-corrected chi connectivity index (χ4v) is 2.45. The first-order chi connectivity index (χ1) is 7.92.